The van der Waals surface area contributed by atoms with Gasteiger partial charge in [-0.25, -0.2) is 9.67 Å². The fourth-order valence-electron chi connectivity index (χ4n) is 1.80. The molecule has 1 aromatic carbocycles. The third-order valence-corrected chi connectivity index (χ3v) is 3.20. The number of halogens is 1. The molecule has 0 saturated carbocycles. The maximum Gasteiger partial charge on any atom is 0.153 e. The predicted octanol–water partition coefficient (Wildman–Crippen LogP) is 3.40. The zero-order valence-electron chi connectivity index (χ0n) is 9.86. The van der Waals surface area contributed by atoms with Gasteiger partial charge in [0.05, 0.1) is 5.69 Å². The van der Waals surface area contributed by atoms with E-state index in [0.717, 1.165) is 10.3 Å². The van der Waals surface area contributed by atoms with Crippen LogP contribution in [0.1, 0.15) is 0 Å². The summed E-state index contributed by atoms with van der Waals surface area (Å²) < 4.78 is 2.57. The molecule has 2 heterocycles. The summed E-state index contributed by atoms with van der Waals surface area (Å²) in [6.07, 6.45) is 3.53. The molecule has 0 atom stereocenters. The van der Waals surface area contributed by atoms with E-state index in [1.165, 1.54) is 0 Å². The molecule has 0 spiro atoms. The molecule has 0 radical (unpaired) electrons. The first kappa shape index (κ1) is 11.9. The molecule has 0 bridgehead atoms. The smallest absolute Gasteiger partial charge is 0.153 e. The summed E-state index contributed by atoms with van der Waals surface area (Å²) in [7, 11) is 0. The summed E-state index contributed by atoms with van der Waals surface area (Å²) in [5.41, 5.74) is 1.38. The minimum absolute atomic E-state index is 0.203. The molecule has 3 rings (SSSR count). The van der Waals surface area contributed by atoms with Crippen molar-refractivity contribution in [1.29, 1.82) is 0 Å². The Labute approximate surface area is 118 Å². The van der Waals surface area contributed by atoms with Crippen molar-refractivity contribution < 1.29 is 5.11 Å². The standard InChI is InChI=1S/C14H10BrN3O/c15-10-4-5-13(19)11(9-10)12-6-8-18(17-12)14-3-1-2-7-16-14/h1-9,19H. The Hall–Kier alpha value is -2.14. The second-order valence-corrected chi connectivity index (χ2v) is 4.91. The summed E-state index contributed by atoms with van der Waals surface area (Å²) in [5.74, 6) is 0.942. The van der Waals surface area contributed by atoms with Crippen LogP contribution in [0.2, 0.25) is 0 Å². The van der Waals surface area contributed by atoms with E-state index in [4.69, 9.17) is 0 Å². The lowest BCUT2D eigenvalue weighted by atomic mass is 10.1. The van der Waals surface area contributed by atoms with E-state index in [1.807, 2.05) is 36.5 Å². The Morgan fingerprint density at radius 3 is 2.79 bits per heavy atom. The average Bonchev–Trinajstić information content (AvgIpc) is 2.92. The monoisotopic (exact) mass is 315 g/mol. The minimum atomic E-state index is 0.203. The van der Waals surface area contributed by atoms with E-state index in [-0.39, 0.29) is 5.75 Å². The number of rotatable bonds is 2. The fraction of sp³-hybridized carbons (Fsp3) is 0. The number of phenols is 1. The number of hydrogen-bond donors (Lipinski definition) is 1. The average molecular weight is 316 g/mol. The Bertz CT molecular complexity index is 710. The lowest BCUT2D eigenvalue weighted by molar-refractivity contribution is 0.477. The Balaban J connectivity index is 2.04. The number of benzene rings is 1. The number of aromatic nitrogens is 3. The highest BCUT2D eigenvalue weighted by atomic mass is 79.9. The normalized spacial score (nSPS) is 10.6. The lowest BCUT2D eigenvalue weighted by Gasteiger charge is -2.02. The van der Waals surface area contributed by atoms with Crippen LogP contribution in [0.3, 0.4) is 0 Å². The third kappa shape index (κ3) is 2.37. The first-order chi connectivity index (χ1) is 9.24. The van der Waals surface area contributed by atoms with Crippen molar-refractivity contribution in [3.63, 3.8) is 0 Å². The van der Waals surface area contributed by atoms with Gasteiger partial charge in [-0.1, -0.05) is 22.0 Å². The van der Waals surface area contributed by atoms with Crippen molar-refractivity contribution in [2.45, 2.75) is 0 Å². The number of pyridine rings is 1. The van der Waals surface area contributed by atoms with Crippen molar-refractivity contribution in [1.82, 2.24) is 14.8 Å². The van der Waals surface area contributed by atoms with Crippen molar-refractivity contribution in [3.8, 4) is 22.8 Å². The zero-order valence-corrected chi connectivity index (χ0v) is 11.4. The third-order valence-electron chi connectivity index (χ3n) is 2.71. The van der Waals surface area contributed by atoms with E-state index in [0.29, 0.717) is 11.3 Å². The highest BCUT2D eigenvalue weighted by molar-refractivity contribution is 9.10. The van der Waals surface area contributed by atoms with E-state index >= 15 is 0 Å². The van der Waals surface area contributed by atoms with Gasteiger partial charge in [0, 0.05) is 22.4 Å². The van der Waals surface area contributed by atoms with Gasteiger partial charge in [0.2, 0.25) is 0 Å². The van der Waals surface area contributed by atoms with Gasteiger partial charge in [-0.3, -0.25) is 0 Å². The van der Waals surface area contributed by atoms with Crippen molar-refractivity contribution in [2.24, 2.45) is 0 Å². The predicted molar refractivity (Wildman–Crippen MR) is 76.2 cm³/mol. The van der Waals surface area contributed by atoms with E-state index in [1.54, 1.807) is 23.0 Å². The van der Waals surface area contributed by atoms with Crippen LogP contribution in [0.25, 0.3) is 17.1 Å². The van der Waals surface area contributed by atoms with Gasteiger partial charge in [0.25, 0.3) is 0 Å². The van der Waals surface area contributed by atoms with Gasteiger partial charge in [-0.05, 0) is 36.4 Å². The summed E-state index contributed by atoms with van der Waals surface area (Å²) in [5, 5.41) is 14.3. The fourth-order valence-corrected chi connectivity index (χ4v) is 2.16. The first-order valence-corrected chi connectivity index (χ1v) is 6.49. The Morgan fingerprint density at radius 1 is 1.11 bits per heavy atom. The molecular weight excluding hydrogens is 306 g/mol. The molecule has 0 unspecified atom stereocenters. The highest BCUT2D eigenvalue weighted by Crippen LogP contribution is 2.30. The molecule has 2 aromatic heterocycles. The van der Waals surface area contributed by atoms with Crippen molar-refractivity contribution in [3.05, 3.63) is 59.3 Å². The van der Waals surface area contributed by atoms with Crippen LogP contribution in [0.4, 0.5) is 0 Å². The van der Waals surface area contributed by atoms with E-state index < -0.39 is 0 Å². The molecule has 0 aliphatic heterocycles. The zero-order chi connectivity index (χ0) is 13.2. The minimum Gasteiger partial charge on any atom is -0.507 e. The van der Waals surface area contributed by atoms with Crippen LogP contribution in [0.15, 0.2) is 59.3 Å². The van der Waals surface area contributed by atoms with E-state index in [9.17, 15) is 5.11 Å². The van der Waals surface area contributed by atoms with Gasteiger partial charge < -0.3 is 5.11 Å². The summed E-state index contributed by atoms with van der Waals surface area (Å²) in [4.78, 5) is 4.22. The topological polar surface area (TPSA) is 50.9 Å². The second-order valence-electron chi connectivity index (χ2n) is 3.99. The van der Waals surface area contributed by atoms with Crippen LogP contribution in [0.5, 0.6) is 5.75 Å². The molecule has 0 aliphatic carbocycles. The van der Waals surface area contributed by atoms with Crippen molar-refractivity contribution in [2.75, 3.05) is 0 Å². The van der Waals surface area contributed by atoms with Gasteiger partial charge in [-0.2, -0.15) is 5.10 Å². The van der Waals surface area contributed by atoms with Crippen LogP contribution >= 0.6 is 15.9 Å². The van der Waals surface area contributed by atoms with Crippen LogP contribution in [-0.2, 0) is 0 Å². The molecular formula is C14H10BrN3O. The quantitative estimate of drug-likeness (QED) is 0.788. The van der Waals surface area contributed by atoms with Crippen LogP contribution < -0.4 is 0 Å². The lowest BCUT2D eigenvalue weighted by Crippen LogP contribution is -1.97. The van der Waals surface area contributed by atoms with Gasteiger partial charge >= 0.3 is 0 Å². The summed E-state index contributed by atoms with van der Waals surface area (Å²) >= 11 is 3.39. The van der Waals surface area contributed by atoms with Gasteiger partial charge in [0.15, 0.2) is 5.82 Å². The Morgan fingerprint density at radius 2 is 2.00 bits per heavy atom. The van der Waals surface area contributed by atoms with Gasteiger partial charge in [-0.15, -0.1) is 0 Å². The molecule has 19 heavy (non-hydrogen) atoms. The molecule has 0 saturated heterocycles. The SMILES string of the molecule is Oc1ccc(Br)cc1-c1ccn(-c2ccccn2)n1. The maximum atomic E-state index is 9.88. The van der Waals surface area contributed by atoms with Crippen LogP contribution in [0, 0.1) is 0 Å². The summed E-state index contributed by atoms with van der Waals surface area (Å²) in [6.45, 7) is 0. The van der Waals surface area contributed by atoms with E-state index in [2.05, 4.69) is 26.0 Å². The maximum absolute atomic E-state index is 9.88. The largest absolute Gasteiger partial charge is 0.507 e. The number of hydrogen-bond acceptors (Lipinski definition) is 3. The van der Waals surface area contributed by atoms with Crippen LogP contribution in [-0.4, -0.2) is 19.9 Å². The number of nitrogens with zero attached hydrogens (tertiary/aromatic N) is 3. The molecule has 3 aromatic rings. The molecule has 0 aliphatic rings. The molecule has 0 amide bonds. The molecule has 5 heteroatoms. The molecule has 1 N–H and O–H groups in total. The highest BCUT2D eigenvalue weighted by Gasteiger charge is 2.09. The number of phenolic OH excluding ortho intramolecular Hbond substituents is 1. The van der Waals surface area contributed by atoms with Gasteiger partial charge in [0.1, 0.15) is 5.75 Å². The molecule has 94 valence electrons. The Kier molecular flexibility index (Phi) is 3.05. The second kappa shape index (κ2) is 4.85. The first-order valence-electron chi connectivity index (χ1n) is 5.70. The molecule has 4 nitrogen and oxygen atoms in total. The number of aromatic hydroxyl groups is 1. The van der Waals surface area contributed by atoms with Crippen molar-refractivity contribution >= 4 is 15.9 Å². The molecule has 0 fully saturated rings. The summed E-state index contributed by atoms with van der Waals surface area (Å²) in [6, 6.07) is 12.7.